The summed E-state index contributed by atoms with van der Waals surface area (Å²) < 4.78 is 34.4. The van der Waals surface area contributed by atoms with Gasteiger partial charge in [0.2, 0.25) is 0 Å². The normalized spacial score (nSPS) is 22.5. The number of aromatic nitrogens is 5. The highest BCUT2D eigenvalue weighted by molar-refractivity contribution is 6.33. The summed E-state index contributed by atoms with van der Waals surface area (Å²) in [6.07, 6.45) is 0.106. The van der Waals surface area contributed by atoms with Gasteiger partial charge in [-0.2, -0.15) is 10.1 Å². The Kier molecular flexibility index (Phi) is 7.03. The number of imidazole rings is 1. The molecule has 2 unspecified atom stereocenters. The van der Waals surface area contributed by atoms with Gasteiger partial charge in [0.25, 0.3) is 6.01 Å². The molecule has 0 saturated carbocycles. The van der Waals surface area contributed by atoms with Crippen LogP contribution in [-0.2, 0) is 29.1 Å². The van der Waals surface area contributed by atoms with E-state index in [4.69, 9.17) is 25.8 Å². The maximum atomic E-state index is 15.4. The summed E-state index contributed by atoms with van der Waals surface area (Å²) in [5.74, 6) is -0.307. The minimum atomic E-state index is -0.858. The maximum absolute atomic E-state index is 15.4. The Labute approximate surface area is 268 Å². The van der Waals surface area contributed by atoms with E-state index in [2.05, 4.69) is 20.1 Å². The van der Waals surface area contributed by atoms with Crippen molar-refractivity contribution in [3.63, 3.8) is 0 Å². The topological polar surface area (TPSA) is 131 Å². The standard InChI is InChI=1S/C33H32ClFN6O5/c1-33(2,43)16-41-12-20-11-40(13-24(20)39-41)25-8-7-19(9-22(25)35)17-3-5-18(6-4-17)28-21(34)10-23-31(37-28)38-32(36-23)46-27-15-45-29-26(42)14-44-30(27)29/h3-10,12,26-27,29-30,42-43H,11,13-16H2,1-2H3,(H,36,37,38)/t26-,27-,29?,30?/m1/s1. The van der Waals surface area contributed by atoms with Crippen molar-refractivity contribution in [1.29, 1.82) is 0 Å². The van der Waals surface area contributed by atoms with Gasteiger partial charge >= 0.3 is 0 Å². The van der Waals surface area contributed by atoms with Crippen molar-refractivity contribution in [3.05, 3.63) is 76.8 Å². The largest absolute Gasteiger partial charge is 0.456 e. The van der Waals surface area contributed by atoms with Crippen LogP contribution in [0, 0.1) is 5.82 Å². The molecule has 2 fully saturated rings. The number of hydrogen-bond acceptors (Lipinski definition) is 9. The van der Waals surface area contributed by atoms with Gasteiger partial charge in [-0.05, 0) is 43.2 Å². The van der Waals surface area contributed by atoms with Gasteiger partial charge in [0.05, 0.1) is 59.5 Å². The minimum absolute atomic E-state index is 0.216. The number of H-pyrrole nitrogens is 1. The molecule has 8 rings (SSSR count). The summed E-state index contributed by atoms with van der Waals surface area (Å²) in [5.41, 5.74) is 5.61. The van der Waals surface area contributed by atoms with Gasteiger partial charge in [-0.15, -0.1) is 0 Å². The van der Waals surface area contributed by atoms with Crippen molar-refractivity contribution in [2.45, 2.75) is 63.5 Å². The zero-order valence-electron chi connectivity index (χ0n) is 25.2. The lowest BCUT2D eigenvalue weighted by Gasteiger charge is -2.20. The lowest BCUT2D eigenvalue weighted by molar-refractivity contribution is 0.00706. The van der Waals surface area contributed by atoms with Crippen molar-refractivity contribution in [2.24, 2.45) is 0 Å². The summed E-state index contributed by atoms with van der Waals surface area (Å²) in [6.45, 7) is 5.47. The van der Waals surface area contributed by atoms with Crippen LogP contribution in [0.1, 0.15) is 25.1 Å². The van der Waals surface area contributed by atoms with E-state index >= 15 is 4.39 Å². The second-order valence-corrected chi connectivity index (χ2v) is 13.2. The molecule has 46 heavy (non-hydrogen) atoms. The Hall–Kier alpha value is -4.07. The molecule has 3 aromatic heterocycles. The Balaban J connectivity index is 0.965. The Morgan fingerprint density at radius 3 is 2.54 bits per heavy atom. The van der Waals surface area contributed by atoms with Gasteiger partial charge < -0.3 is 34.3 Å². The van der Waals surface area contributed by atoms with E-state index in [1.165, 1.54) is 0 Å². The minimum Gasteiger partial charge on any atom is -0.456 e. The second kappa shape index (κ2) is 11.0. The van der Waals surface area contributed by atoms with Crippen molar-refractivity contribution in [2.75, 3.05) is 18.1 Å². The summed E-state index contributed by atoms with van der Waals surface area (Å²) in [6, 6.07) is 14.9. The van der Waals surface area contributed by atoms with Crippen LogP contribution in [0.4, 0.5) is 10.1 Å². The van der Waals surface area contributed by atoms with Crippen LogP contribution in [0.5, 0.6) is 6.01 Å². The van der Waals surface area contributed by atoms with E-state index in [1.54, 1.807) is 36.7 Å². The summed E-state index contributed by atoms with van der Waals surface area (Å²) >= 11 is 6.64. The molecular formula is C33H32ClFN6O5. The van der Waals surface area contributed by atoms with Crippen molar-refractivity contribution in [3.8, 4) is 28.4 Å². The quantitative estimate of drug-likeness (QED) is 0.234. The molecule has 2 saturated heterocycles. The molecule has 5 aromatic rings. The fourth-order valence-corrected chi connectivity index (χ4v) is 6.72. The second-order valence-electron chi connectivity index (χ2n) is 12.8. The predicted octanol–water partition coefficient (Wildman–Crippen LogP) is 4.48. The number of aromatic amines is 1. The van der Waals surface area contributed by atoms with Gasteiger partial charge in [0, 0.05) is 23.9 Å². The number of benzene rings is 2. The number of ether oxygens (including phenoxy) is 3. The van der Waals surface area contributed by atoms with E-state index in [-0.39, 0.29) is 31.1 Å². The molecule has 3 aliphatic heterocycles. The zero-order valence-corrected chi connectivity index (χ0v) is 25.9. The molecule has 13 heteroatoms. The van der Waals surface area contributed by atoms with Crippen molar-refractivity contribution in [1.82, 2.24) is 24.7 Å². The van der Waals surface area contributed by atoms with Crippen molar-refractivity contribution < 1.29 is 28.8 Å². The first-order valence-corrected chi connectivity index (χ1v) is 15.5. The number of aliphatic hydroxyl groups is 2. The Morgan fingerprint density at radius 2 is 1.78 bits per heavy atom. The molecule has 0 radical (unpaired) electrons. The van der Waals surface area contributed by atoms with Crippen LogP contribution >= 0.6 is 11.6 Å². The third-order valence-corrected chi connectivity index (χ3v) is 8.89. The molecule has 3 N–H and O–H groups in total. The van der Waals surface area contributed by atoms with Gasteiger partial charge in [0.15, 0.2) is 11.8 Å². The maximum Gasteiger partial charge on any atom is 0.296 e. The van der Waals surface area contributed by atoms with E-state index in [0.717, 1.165) is 27.9 Å². The van der Waals surface area contributed by atoms with Gasteiger partial charge in [-0.3, -0.25) is 4.68 Å². The Bertz CT molecular complexity index is 1920. The molecule has 0 bridgehead atoms. The number of rotatable bonds is 7. The van der Waals surface area contributed by atoms with Gasteiger partial charge in [0.1, 0.15) is 24.1 Å². The number of anilines is 1. The summed E-state index contributed by atoms with van der Waals surface area (Å²) in [7, 11) is 0. The summed E-state index contributed by atoms with van der Waals surface area (Å²) in [4.78, 5) is 14.3. The van der Waals surface area contributed by atoms with Crippen LogP contribution in [0.15, 0.2) is 54.7 Å². The smallest absolute Gasteiger partial charge is 0.296 e. The average Bonchev–Trinajstić information content (AvgIpc) is 3.81. The van der Waals surface area contributed by atoms with Crippen LogP contribution in [0.2, 0.25) is 5.02 Å². The lowest BCUT2D eigenvalue weighted by Crippen LogP contribution is -2.34. The van der Waals surface area contributed by atoms with Crippen LogP contribution < -0.4 is 9.64 Å². The third-order valence-electron chi connectivity index (χ3n) is 8.61. The predicted molar refractivity (Wildman–Crippen MR) is 168 cm³/mol. The third kappa shape index (κ3) is 5.39. The number of hydrogen-bond donors (Lipinski definition) is 3. The molecule has 4 atom stereocenters. The molecule has 2 aromatic carbocycles. The van der Waals surface area contributed by atoms with E-state index < -0.39 is 23.9 Å². The van der Waals surface area contributed by atoms with E-state index in [1.807, 2.05) is 41.4 Å². The van der Waals surface area contributed by atoms with Gasteiger partial charge in [-0.1, -0.05) is 41.9 Å². The fraction of sp³-hybridized carbons (Fsp3) is 0.364. The SMILES string of the molecule is CC(C)(O)Cn1cc2c(n1)CN(c1ccc(-c3ccc(-c4nc5nc(O[C@@H]6COC7C6OC[C@H]7O)[nH]c5cc4Cl)cc3)cc1F)C2. The molecule has 0 aliphatic carbocycles. The average molecular weight is 647 g/mol. The highest BCUT2D eigenvalue weighted by Crippen LogP contribution is 2.35. The zero-order chi connectivity index (χ0) is 31.7. The van der Waals surface area contributed by atoms with Crippen LogP contribution in [0.25, 0.3) is 33.5 Å². The molecular weight excluding hydrogens is 615 g/mol. The molecule has 0 amide bonds. The first-order chi connectivity index (χ1) is 22.1. The molecule has 6 heterocycles. The van der Waals surface area contributed by atoms with Crippen LogP contribution in [-0.4, -0.2) is 78.2 Å². The Morgan fingerprint density at radius 1 is 1.02 bits per heavy atom. The number of nitrogens with one attached hydrogen (secondary N) is 1. The molecule has 238 valence electrons. The highest BCUT2D eigenvalue weighted by atomic mass is 35.5. The first-order valence-electron chi connectivity index (χ1n) is 15.1. The summed E-state index contributed by atoms with van der Waals surface area (Å²) in [5, 5.41) is 25.1. The monoisotopic (exact) mass is 646 g/mol. The number of pyridine rings is 1. The van der Waals surface area contributed by atoms with E-state index in [9.17, 15) is 10.2 Å². The van der Waals surface area contributed by atoms with Crippen molar-refractivity contribution >= 4 is 28.5 Å². The lowest BCUT2D eigenvalue weighted by atomic mass is 10.0. The van der Waals surface area contributed by atoms with E-state index in [0.29, 0.717) is 47.2 Å². The first kappa shape index (κ1) is 29.3. The number of nitrogens with zero attached hydrogens (tertiary/aromatic N) is 5. The number of aliphatic hydroxyl groups excluding tert-OH is 1. The molecule has 3 aliphatic rings. The highest BCUT2D eigenvalue weighted by Gasteiger charge is 2.48. The number of halogens is 2. The van der Waals surface area contributed by atoms with Crippen LogP contribution in [0.3, 0.4) is 0 Å². The molecule has 0 spiro atoms. The number of fused-ring (bicyclic) bond motifs is 3. The molecule has 11 nitrogen and oxygen atoms in total. The van der Waals surface area contributed by atoms with Gasteiger partial charge in [-0.25, -0.2) is 9.37 Å². The fourth-order valence-electron chi connectivity index (χ4n) is 6.46.